The lowest BCUT2D eigenvalue weighted by molar-refractivity contribution is 0.00731. The maximum atomic E-state index is 13.4. The van der Waals surface area contributed by atoms with Crippen LogP contribution in [-0.4, -0.2) is 203 Å². The van der Waals surface area contributed by atoms with Gasteiger partial charge in [-0.2, -0.15) is 28.8 Å². The van der Waals surface area contributed by atoms with Crippen molar-refractivity contribution in [2.75, 3.05) is 64.2 Å². The minimum atomic E-state index is -0.898. The Hall–Kier alpha value is -12.1. The molecule has 3 amide bonds. The van der Waals surface area contributed by atoms with Gasteiger partial charge in [-0.25, -0.2) is 29.9 Å². The SMILES string of the molecule is CC1(C)CO1.CNc1cc(-c2cnc3n(CC(C)(C)O)cccc2-3)nc2c(C(=O)NC3CC[C@@H]3OC)cnn12.CO[C@H]1CCC1NC(=O)c1cnn2c(N(C)Cc3ccccc3)cc(-c3c[nH]c4ncccc34)nc12.CO[C@H]1CCC1NC(=O)c1cnn2c(N(C)Cc3ccccc3)cc(-c3cnc4n(CC(C)(C)O)cccc3-4)nc12. The number of carbonyl (C=O) groups excluding carboxylic acids is 3. The molecule has 13 heterocycles. The first kappa shape index (κ1) is 79.2. The van der Waals surface area contributed by atoms with E-state index in [9.17, 15) is 24.6 Å². The van der Waals surface area contributed by atoms with Crippen LogP contribution < -0.4 is 31.1 Å². The second kappa shape index (κ2) is 33.0. The Labute approximate surface area is 671 Å². The Bertz CT molecular complexity index is 5740. The molecule has 3 saturated carbocycles. The quantitative estimate of drug-likeness (QED) is 0.0293. The van der Waals surface area contributed by atoms with Crippen molar-refractivity contribution in [1.29, 1.82) is 0 Å². The number of amides is 3. The number of epoxide rings is 1. The highest BCUT2D eigenvalue weighted by atomic mass is 16.6. The van der Waals surface area contributed by atoms with Gasteiger partial charge in [-0.3, -0.25) is 14.4 Å². The first-order valence-electron chi connectivity index (χ1n) is 39.1. The number of aliphatic hydroxyl groups is 2. The van der Waals surface area contributed by atoms with Gasteiger partial charge in [0.1, 0.15) is 51.4 Å². The number of fused-ring (bicyclic) bond motifs is 6. The summed E-state index contributed by atoms with van der Waals surface area (Å²) in [5.41, 5.74) is 10.8. The van der Waals surface area contributed by atoms with Crippen LogP contribution in [0.4, 0.5) is 17.5 Å². The van der Waals surface area contributed by atoms with Crippen molar-refractivity contribution in [3.05, 3.63) is 199 Å². The standard InChI is InChI=1S/C31H35N7O3.C27H27N7O2.C24H29N7O3.C4H8O/c1-31(2,40)19-37-14-8-11-21-22(16-32-28(21)37)25-15-27(36(3)18-20-9-6-5-7-10-20)38-29(34-25)23(17-33-38)30(39)35-24-12-13-26(24)41-4;1-33(16-17-7-4-3-5-8-17)24-13-22(19-14-29-25-18(19)9-6-12-28-25)31-26-20(15-30-34(24)26)27(35)32-21-10-11-23(21)36-2;1-24(2,33)13-30-9-5-6-14-15(11-26-21(14)30)18-10-20(25-3)31-22(28-18)16(12-27-31)23(32)29-17-7-8-19(17)34-4;1-4(2)3-5-4/h5-11,14-17,24,26,40H,12-13,18-19H2,1-4H3,(H,35,39);3-9,12-15,21,23H,10-11,16H2,1-2H3,(H,28,29)(H,32,35);5-6,9-12,17,19,25,33H,7-8,13H2,1-4H3,(H,29,32);3H2,1-2H3/t24?,26-;21?,23-;17?,19-;/m000./s1. The number of hydrogen-bond donors (Lipinski definition) is 7. The summed E-state index contributed by atoms with van der Waals surface area (Å²) in [6.07, 6.45) is 21.4. The highest BCUT2D eigenvalue weighted by Crippen LogP contribution is 2.39. The highest BCUT2D eigenvalue weighted by Gasteiger charge is 2.37. The number of anilines is 3. The molecule has 6 atom stereocenters. The lowest BCUT2D eigenvalue weighted by Crippen LogP contribution is -2.51. The van der Waals surface area contributed by atoms with Crippen molar-refractivity contribution in [2.45, 2.75) is 159 Å². The number of methoxy groups -OCH3 is 3. The zero-order chi connectivity index (χ0) is 81.3. The molecular weight excluding hydrogens is 1470 g/mol. The van der Waals surface area contributed by atoms with Crippen LogP contribution in [0.3, 0.4) is 0 Å². The number of nitrogens with one attached hydrogen (secondary N) is 5. The van der Waals surface area contributed by atoms with Crippen molar-refractivity contribution in [3.8, 4) is 56.5 Å². The molecule has 0 bridgehead atoms. The Morgan fingerprint density at radius 1 is 0.534 bits per heavy atom. The summed E-state index contributed by atoms with van der Waals surface area (Å²) in [6, 6.07) is 38.1. The number of hydrogen-bond acceptors (Lipinski definition) is 21. The number of H-pyrrole nitrogens is 1. The second-order valence-corrected chi connectivity index (χ2v) is 32.0. The molecule has 18 rings (SSSR count). The van der Waals surface area contributed by atoms with Crippen LogP contribution in [0.25, 0.3) is 84.5 Å². The average molecular weight is 1570 g/mol. The Morgan fingerprint density at radius 2 is 0.940 bits per heavy atom. The zero-order valence-corrected chi connectivity index (χ0v) is 67.3. The molecule has 30 nitrogen and oxygen atoms in total. The predicted octanol–water partition coefficient (Wildman–Crippen LogP) is 11.0. The van der Waals surface area contributed by atoms with Gasteiger partial charge in [0.15, 0.2) is 16.9 Å². The fourth-order valence-corrected chi connectivity index (χ4v) is 14.8. The number of benzene rings is 2. The van der Waals surface area contributed by atoms with Gasteiger partial charge in [-0.15, -0.1) is 0 Å². The van der Waals surface area contributed by atoms with Gasteiger partial charge in [-0.05, 0) is 128 Å². The van der Waals surface area contributed by atoms with Crippen LogP contribution in [0.15, 0.2) is 171 Å². The lowest BCUT2D eigenvalue weighted by Gasteiger charge is -2.35. The summed E-state index contributed by atoms with van der Waals surface area (Å²) >= 11 is 0. The summed E-state index contributed by atoms with van der Waals surface area (Å²) in [6.45, 7) is 14.3. The van der Waals surface area contributed by atoms with Crippen molar-refractivity contribution >= 4 is 63.2 Å². The smallest absolute Gasteiger partial charge is 0.257 e. The van der Waals surface area contributed by atoms with Gasteiger partial charge < -0.3 is 74.3 Å². The summed E-state index contributed by atoms with van der Waals surface area (Å²) in [7, 11) is 10.8. The van der Waals surface area contributed by atoms with Crippen molar-refractivity contribution in [1.82, 2.24) is 88.8 Å². The van der Waals surface area contributed by atoms with Gasteiger partial charge in [0, 0.05) is 144 Å². The molecule has 0 radical (unpaired) electrons. The van der Waals surface area contributed by atoms with Crippen LogP contribution in [0.1, 0.15) is 122 Å². The van der Waals surface area contributed by atoms with E-state index in [1.807, 2.05) is 133 Å². The van der Waals surface area contributed by atoms with Gasteiger partial charge >= 0.3 is 0 Å². The lowest BCUT2D eigenvalue weighted by atomic mass is 9.89. The normalized spacial score (nSPS) is 18.1. The molecule has 3 unspecified atom stereocenters. The number of aromatic nitrogens is 15. The molecule has 0 spiro atoms. The van der Waals surface area contributed by atoms with Crippen molar-refractivity contribution in [3.63, 3.8) is 0 Å². The van der Waals surface area contributed by atoms with Crippen LogP contribution in [0.5, 0.6) is 0 Å². The molecule has 30 heteroatoms. The van der Waals surface area contributed by atoms with E-state index in [0.29, 0.717) is 77.0 Å². The molecular formula is C86H99N21O9. The number of rotatable bonds is 23. The van der Waals surface area contributed by atoms with E-state index in [1.165, 1.54) is 5.56 Å². The minimum Gasteiger partial charge on any atom is -0.389 e. The molecule has 3 aliphatic carbocycles. The van der Waals surface area contributed by atoms with Crippen LogP contribution in [0.2, 0.25) is 0 Å². The Kier molecular flexibility index (Phi) is 22.6. The zero-order valence-electron chi connectivity index (χ0n) is 67.3. The third kappa shape index (κ3) is 17.0. The maximum absolute atomic E-state index is 13.4. The topological polar surface area (TPSA) is 341 Å². The number of carbonyl (C=O) groups is 3. The summed E-state index contributed by atoms with van der Waals surface area (Å²) < 4.78 is 30.2. The highest BCUT2D eigenvalue weighted by molar-refractivity contribution is 6.03. The number of nitrogens with zero attached hydrogens (tertiary/aromatic N) is 16. The Morgan fingerprint density at radius 3 is 1.33 bits per heavy atom. The van der Waals surface area contributed by atoms with E-state index in [4.69, 9.17) is 38.9 Å². The molecule has 116 heavy (non-hydrogen) atoms. The van der Waals surface area contributed by atoms with E-state index in [1.54, 1.807) is 107 Å². The Balaban J connectivity index is 0.000000133. The van der Waals surface area contributed by atoms with Crippen LogP contribution in [-0.2, 0) is 45.1 Å². The van der Waals surface area contributed by atoms with E-state index in [2.05, 4.69) is 99.4 Å². The number of aromatic amines is 1. The molecule has 4 fully saturated rings. The molecule has 8 aromatic heterocycles. The average Bonchev–Trinajstić information content (AvgIpc) is 1.60. The molecule has 10 aromatic rings. The van der Waals surface area contributed by atoms with E-state index < -0.39 is 11.2 Å². The third-order valence-corrected chi connectivity index (χ3v) is 21.6. The third-order valence-electron chi connectivity index (χ3n) is 21.6. The molecule has 7 N–H and O–H groups in total. The van der Waals surface area contributed by atoms with Gasteiger partial charge in [-0.1, -0.05) is 60.7 Å². The van der Waals surface area contributed by atoms with E-state index in [-0.39, 0.29) is 59.8 Å². The number of pyridine rings is 3. The molecule has 2 aromatic carbocycles. The summed E-state index contributed by atoms with van der Waals surface area (Å²) in [5, 5.41) is 47.7. The largest absolute Gasteiger partial charge is 0.389 e. The fourth-order valence-electron chi connectivity index (χ4n) is 14.8. The fraction of sp³-hybridized carbons (Fsp3) is 0.372. The van der Waals surface area contributed by atoms with E-state index >= 15 is 0 Å². The number of ether oxygens (including phenoxy) is 4. The van der Waals surface area contributed by atoms with Gasteiger partial charge in [0.2, 0.25) is 0 Å². The molecule has 5 aliphatic heterocycles. The minimum absolute atomic E-state index is 0.000508. The summed E-state index contributed by atoms with van der Waals surface area (Å²) in [4.78, 5) is 75.7. The first-order chi connectivity index (χ1) is 55.8. The van der Waals surface area contributed by atoms with Gasteiger partial charge in [0.25, 0.3) is 17.7 Å². The molecule has 602 valence electrons. The van der Waals surface area contributed by atoms with Crippen molar-refractivity contribution in [2.24, 2.45) is 0 Å². The maximum Gasteiger partial charge on any atom is 0.257 e. The first-order valence-corrected chi connectivity index (χ1v) is 39.1. The van der Waals surface area contributed by atoms with Crippen LogP contribution >= 0.6 is 0 Å². The summed E-state index contributed by atoms with van der Waals surface area (Å²) in [5.74, 6) is 3.20. The molecule has 8 aliphatic rings. The van der Waals surface area contributed by atoms with E-state index in [0.717, 1.165) is 119 Å². The van der Waals surface area contributed by atoms with Gasteiger partial charge in [0.05, 0.1) is 109 Å². The second-order valence-electron chi connectivity index (χ2n) is 32.0. The predicted molar refractivity (Wildman–Crippen MR) is 443 cm³/mol. The van der Waals surface area contributed by atoms with Crippen molar-refractivity contribution < 1.29 is 43.5 Å². The molecule has 1 saturated heterocycles. The van der Waals surface area contributed by atoms with Crippen LogP contribution in [0, 0.1) is 0 Å². The monoisotopic (exact) mass is 1570 g/mol.